The van der Waals surface area contributed by atoms with Crippen molar-refractivity contribution < 1.29 is 25.8 Å². The monoisotopic (exact) mass is 829 g/mol. The summed E-state index contributed by atoms with van der Waals surface area (Å²) in [5.74, 6) is 2.86. The van der Waals surface area contributed by atoms with Crippen molar-refractivity contribution in [3.05, 3.63) is 158 Å². The summed E-state index contributed by atoms with van der Waals surface area (Å²) < 4.78 is 8.67. The average molecular weight is 830 g/mol. The number of ether oxygens (including phenoxy) is 1. The summed E-state index contributed by atoms with van der Waals surface area (Å²) in [5, 5.41) is 4.58. The van der Waals surface area contributed by atoms with E-state index in [-0.39, 0.29) is 26.5 Å². The van der Waals surface area contributed by atoms with Crippen molar-refractivity contribution in [1.82, 2.24) is 14.5 Å². The molecule has 0 unspecified atom stereocenters. The third-order valence-electron chi connectivity index (χ3n) is 9.14. The van der Waals surface area contributed by atoms with Crippen LogP contribution >= 0.6 is 0 Å². The number of pyridine rings is 2. The van der Waals surface area contributed by atoms with E-state index >= 15 is 0 Å². The van der Waals surface area contributed by atoms with Gasteiger partial charge in [0.15, 0.2) is 0 Å². The first-order chi connectivity index (χ1) is 23.9. The molecule has 0 saturated heterocycles. The molecular formula is C43H32N5OPt-3. The Labute approximate surface area is 305 Å². The second kappa shape index (κ2) is 12.5. The number of benzene rings is 5. The minimum atomic E-state index is -0.00992. The molecule has 6 nitrogen and oxygen atoms in total. The van der Waals surface area contributed by atoms with E-state index in [9.17, 15) is 0 Å². The molecule has 50 heavy (non-hydrogen) atoms. The Morgan fingerprint density at radius 3 is 2.28 bits per heavy atom. The Morgan fingerprint density at radius 1 is 0.640 bits per heavy atom. The zero-order valence-corrected chi connectivity index (χ0v) is 30.0. The largest absolute Gasteiger partial charge is 0.509 e. The minimum Gasteiger partial charge on any atom is -0.509 e. The van der Waals surface area contributed by atoms with Gasteiger partial charge >= 0.3 is 0 Å². The first kappa shape index (κ1) is 31.8. The summed E-state index contributed by atoms with van der Waals surface area (Å²) in [7, 11) is 0. The Kier molecular flexibility index (Phi) is 7.92. The van der Waals surface area contributed by atoms with Crippen LogP contribution in [0.1, 0.15) is 26.3 Å². The van der Waals surface area contributed by atoms with Gasteiger partial charge in [0.2, 0.25) is 0 Å². The van der Waals surface area contributed by atoms with Gasteiger partial charge in [-0.15, -0.1) is 42.4 Å². The van der Waals surface area contributed by atoms with Gasteiger partial charge < -0.3 is 19.1 Å². The molecule has 0 amide bonds. The van der Waals surface area contributed by atoms with Crippen LogP contribution < -0.4 is 14.5 Å². The van der Waals surface area contributed by atoms with Gasteiger partial charge in [-0.1, -0.05) is 86.6 Å². The Balaban J connectivity index is 0.00000361. The number of anilines is 4. The van der Waals surface area contributed by atoms with Crippen LogP contribution in [0.4, 0.5) is 22.9 Å². The fraction of sp³-hybridized carbons (Fsp3) is 0.0930. The number of fused-ring (bicyclic) bond motifs is 5. The average Bonchev–Trinajstić information content (AvgIpc) is 3.67. The molecule has 248 valence electrons. The van der Waals surface area contributed by atoms with Crippen LogP contribution in [0.5, 0.6) is 11.5 Å². The minimum absolute atomic E-state index is 0. The molecule has 1 aliphatic rings. The van der Waals surface area contributed by atoms with E-state index in [1.807, 2.05) is 42.7 Å². The first-order valence-corrected chi connectivity index (χ1v) is 16.4. The summed E-state index contributed by atoms with van der Waals surface area (Å²) in [5.41, 5.74) is 6.09. The standard InChI is InChI=1S/C43H32N5O.Pt/c1-43(2,3)30-22-24-44-41(25-30)48-38-17-7-6-16-35(38)36-21-20-33(27-40(36)48)49-32-14-9-13-31(26-32)46-28-47(39-19-10-23-45-42(39)46)37-18-8-12-29-11-4-5-15-34(29)37;/h4-25,28H,1-3H3;/q-3;. The van der Waals surface area contributed by atoms with Gasteiger partial charge in [0.05, 0.1) is 5.69 Å². The number of hydrogen-bond acceptors (Lipinski definition) is 5. The van der Waals surface area contributed by atoms with Crippen LogP contribution in [0.15, 0.2) is 134 Å². The van der Waals surface area contributed by atoms with E-state index in [2.05, 4.69) is 145 Å². The molecule has 8 aromatic rings. The summed E-state index contributed by atoms with van der Waals surface area (Å²) >= 11 is 0. The maximum Gasteiger partial charge on any atom is 0.135 e. The van der Waals surface area contributed by atoms with Crippen molar-refractivity contribution in [1.29, 1.82) is 0 Å². The van der Waals surface area contributed by atoms with Gasteiger partial charge in [0.25, 0.3) is 0 Å². The fourth-order valence-corrected chi connectivity index (χ4v) is 6.71. The van der Waals surface area contributed by atoms with E-state index in [1.165, 1.54) is 16.3 Å². The molecule has 0 spiro atoms. The van der Waals surface area contributed by atoms with E-state index < -0.39 is 0 Å². The van der Waals surface area contributed by atoms with Crippen molar-refractivity contribution in [2.45, 2.75) is 26.2 Å². The topological polar surface area (TPSA) is 46.4 Å². The van der Waals surface area contributed by atoms with Crippen molar-refractivity contribution in [2.75, 3.05) is 9.80 Å². The predicted molar refractivity (Wildman–Crippen MR) is 198 cm³/mol. The molecule has 1 aliphatic heterocycles. The van der Waals surface area contributed by atoms with Crippen LogP contribution in [0, 0.1) is 18.8 Å². The molecule has 4 heterocycles. The van der Waals surface area contributed by atoms with Crippen LogP contribution in [-0.4, -0.2) is 14.5 Å². The van der Waals surface area contributed by atoms with Crippen LogP contribution in [0.25, 0.3) is 38.4 Å². The predicted octanol–water partition coefficient (Wildman–Crippen LogP) is 10.8. The van der Waals surface area contributed by atoms with Gasteiger partial charge in [0.1, 0.15) is 11.6 Å². The third-order valence-corrected chi connectivity index (χ3v) is 9.14. The Bertz CT molecular complexity index is 2530. The molecule has 3 aromatic heterocycles. The zero-order chi connectivity index (χ0) is 33.1. The number of nitrogens with zero attached hydrogens (tertiary/aromatic N) is 5. The molecule has 9 rings (SSSR count). The fourth-order valence-electron chi connectivity index (χ4n) is 6.71. The number of rotatable bonds is 5. The van der Waals surface area contributed by atoms with E-state index in [0.29, 0.717) is 11.5 Å². The van der Waals surface area contributed by atoms with Crippen molar-refractivity contribution in [3.63, 3.8) is 0 Å². The van der Waals surface area contributed by atoms with Gasteiger partial charge in [-0.05, 0) is 58.1 Å². The molecule has 0 atom stereocenters. The molecule has 7 heteroatoms. The van der Waals surface area contributed by atoms with Crippen LogP contribution in [-0.2, 0) is 26.5 Å². The quantitative estimate of drug-likeness (QED) is 0.162. The summed E-state index contributed by atoms with van der Waals surface area (Å²) in [6, 6.07) is 48.6. The van der Waals surface area contributed by atoms with Gasteiger partial charge in [-0.3, -0.25) is 0 Å². The van der Waals surface area contributed by atoms with E-state index in [0.717, 1.165) is 50.5 Å². The second-order valence-electron chi connectivity index (χ2n) is 13.3. The summed E-state index contributed by atoms with van der Waals surface area (Å²) in [6.45, 7) is 8.73. The van der Waals surface area contributed by atoms with E-state index in [4.69, 9.17) is 14.7 Å². The zero-order valence-electron chi connectivity index (χ0n) is 27.7. The molecule has 0 fully saturated rings. The Morgan fingerprint density at radius 2 is 1.40 bits per heavy atom. The number of hydrogen-bond donors (Lipinski definition) is 0. The van der Waals surface area contributed by atoms with Crippen molar-refractivity contribution >= 4 is 55.5 Å². The normalized spacial score (nSPS) is 12.8. The molecule has 0 N–H and O–H groups in total. The van der Waals surface area contributed by atoms with Crippen molar-refractivity contribution in [3.8, 4) is 17.3 Å². The maximum atomic E-state index is 6.49. The van der Waals surface area contributed by atoms with Gasteiger partial charge in [-0.25, -0.2) is 9.97 Å². The SMILES string of the molecule is CC(C)(C)c1ccnc(-n2c3[c-]c(Oc4[c-]c(N5[CH-]N(c6cccc7ccccc67)c6cccnc65)ccc4)ccc3c3ccccc32)c1.[Pt]. The smallest absolute Gasteiger partial charge is 0.135 e. The Hall–Kier alpha value is -5.45. The van der Waals surface area contributed by atoms with Crippen LogP contribution in [0.3, 0.4) is 0 Å². The summed E-state index contributed by atoms with van der Waals surface area (Å²) in [4.78, 5) is 13.8. The molecule has 5 aromatic carbocycles. The molecule has 0 saturated carbocycles. The second-order valence-corrected chi connectivity index (χ2v) is 13.3. The summed E-state index contributed by atoms with van der Waals surface area (Å²) in [6.07, 6.45) is 3.71. The molecule has 0 bridgehead atoms. The molecular weight excluding hydrogens is 798 g/mol. The van der Waals surface area contributed by atoms with Gasteiger partial charge in [0, 0.05) is 61.5 Å². The molecule has 0 radical (unpaired) electrons. The number of aromatic nitrogens is 3. The van der Waals surface area contributed by atoms with Gasteiger partial charge in [-0.2, -0.15) is 12.1 Å². The molecule has 0 aliphatic carbocycles. The third kappa shape index (κ3) is 5.41. The van der Waals surface area contributed by atoms with Crippen molar-refractivity contribution in [2.24, 2.45) is 0 Å². The number of para-hydroxylation sites is 1. The first-order valence-electron chi connectivity index (χ1n) is 16.4. The van der Waals surface area contributed by atoms with Crippen LogP contribution in [0.2, 0.25) is 0 Å². The van der Waals surface area contributed by atoms with E-state index in [1.54, 1.807) is 0 Å². The maximum absolute atomic E-state index is 6.49.